The zero-order valence-corrected chi connectivity index (χ0v) is 17.2. The Balaban J connectivity index is 0.00000205. The fraction of sp³-hybridized carbons (Fsp3) is 0.231. The normalized spacial score (nSPS) is 15.1. The number of fused-ring (bicyclic) bond motifs is 4. The van der Waals surface area contributed by atoms with Gasteiger partial charge in [-0.05, 0) is 57.1 Å². The summed E-state index contributed by atoms with van der Waals surface area (Å²) >= 11 is 0. The highest BCUT2D eigenvalue weighted by molar-refractivity contribution is 6.07. The average Bonchev–Trinajstić information content (AvgIpc) is 2.77. The lowest BCUT2D eigenvalue weighted by molar-refractivity contribution is 0.137. The lowest BCUT2D eigenvalue weighted by atomic mass is 9.96. The first kappa shape index (κ1) is 19.9. The maximum atomic E-state index is 10.9. The van der Waals surface area contributed by atoms with Gasteiger partial charge in [0.15, 0.2) is 0 Å². The molecule has 0 aliphatic carbocycles. The molecule has 5 rings (SSSR count). The Labute approximate surface area is 178 Å². The highest BCUT2D eigenvalue weighted by Gasteiger charge is 2.17. The molecular weight excluding hydrogens is 378 g/mol. The van der Waals surface area contributed by atoms with Gasteiger partial charge in [-0.2, -0.15) is 0 Å². The molecule has 1 unspecified atom stereocenters. The zero-order chi connectivity index (χ0) is 18.9. The lowest BCUT2D eigenvalue weighted by Gasteiger charge is -2.29. The number of hydrogen-bond acceptors (Lipinski definition) is 2. The van der Waals surface area contributed by atoms with Gasteiger partial charge in [0.05, 0.1) is 6.10 Å². The summed E-state index contributed by atoms with van der Waals surface area (Å²) in [6.45, 7) is 2.99. The van der Waals surface area contributed by atoms with E-state index in [2.05, 4.69) is 83.8 Å². The average molecular weight is 404 g/mol. The fourth-order valence-electron chi connectivity index (χ4n) is 4.44. The van der Waals surface area contributed by atoms with Crippen LogP contribution in [0.1, 0.15) is 29.2 Å². The van der Waals surface area contributed by atoms with Crippen LogP contribution in [0.4, 0.5) is 0 Å². The first-order chi connectivity index (χ1) is 13.8. The molecule has 1 N–H and O–H groups in total. The summed E-state index contributed by atoms with van der Waals surface area (Å²) in [5.74, 6) is 0. The van der Waals surface area contributed by atoms with Crippen LogP contribution in [-0.2, 0) is 13.0 Å². The Kier molecular flexibility index (Phi) is 5.86. The van der Waals surface area contributed by atoms with E-state index < -0.39 is 6.10 Å². The van der Waals surface area contributed by atoms with Gasteiger partial charge in [-0.3, -0.25) is 4.90 Å². The van der Waals surface area contributed by atoms with Crippen LogP contribution in [0.25, 0.3) is 21.5 Å². The summed E-state index contributed by atoms with van der Waals surface area (Å²) in [6, 6.07) is 27.9. The van der Waals surface area contributed by atoms with Crippen LogP contribution in [0.15, 0.2) is 78.9 Å². The molecule has 0 radical (unpaired) electrons. The van der Waals surface area contributed by atoms with E-state index >= 15 is 0 Å². The Morgan fingerprint density at radius 1 is 0.793 bits per heavy atom. The summed E-state index contributed by atoms with van der Waals surface area (Å²) in [5, 5.41) is 15.8. The van der Waals surface area contributed by atoms with Crippen molar-refractivity contribution in [3.8, 4) is 0 Å². The van der Waals surface area contributed by atoms with Gasteiger partial charge in [0, 0.05) is 19.6 Å². The molecule has 0 spiro atoms. The van der Waals surface area contributed by atoms with E-state index in [1.807, 2.05) is 0 Å². The molecule has 3 heteroatoms. The summed E-state index contributed by atoms with van der Waals surface area (Å²) in [5.41, 5.74) is 3.92. The van der Waals surface area contributed by atoms with E-state index in [4.69, 9.17) is 0 Å². The lowest BCUT2D eigenvalue weighted by Crippen LogP contribution is -2.32. The van der Waals surface area contributed by atoms with Crippen molar-refractivity contribution >= 4 is 34.0 Å². The second kappa shape index (κ2) is 8.54. The van der Waals surface area contributed by atoms with Crippen molar-refractivity contribution in [2.45, 2.75) is 25.5 Å². The van der Waals surface area contributed by atoms with E-state index in [1.54, 1.807) is 0 Å². The molecule has 0 aromatic heterocycles. The molecule has 0 saturated heterocycles. The minimum atomic E-state index is -0.430. The highest BCUT2D eigenvalue weighted by atomic mass is 35.5. The second-order valence-electron chi connectivity index (χ2n) is 7.87. The molecule has 2 nitrogen and oxygen atoms in total. The molecular formula is C26H26ClNO. The van der Waals surface area contributed by atoms with Crippen LogP contribution in [-0.4, -0.2) is 23.1 Å². The predicted molar refractivity (Wildman–Crippen MR) is 124 cm³/mol. The predicted octanol–water partition coefficient (Wildman–Crippen LogP) is 5.90. The standard InChI is InChI=1S/C26H25NO.ClH/c28-26(14-16-27-15-13-19-5-1-2-7-23(19)18-27)22-12-11-21-10-9-20-6-3-4-8-24(20)25(21)17-22;/h1-12,17,26,28H,13-16,18H2;1H. The number of aliphatic hydroxyl groups excluding tert-OH is 1. The van der Waals surface area contributed by atoms with Crippen molar-refractivity contribution in [1.82, 2.24) is 4.90 Å². The van der Waals surface area contributed by atoms with Crippen molar-refractivity contribution < 1.29 is 5.11 Å². The van der Waals surface area contributed by atoms with Crippen LogP contribution in [0.2, 0.25) is 0 Å². The third-order valence-corrected chi connectivity index (χ3v) is 6.08. The molecule has 4 aromatic rings. The second-order valence-corrected chi connectivity index (χ2v) is 7.87. The number of rotatable bonds is 4. The molecule has 4 aromatic carbocycles. The zero-order valence-electron chi connectivity index (χ0n) is 16.4. The minimum Gasteiger partial charge on any atom is -0.388 e. The van der Waals surface area contributed by atoms with Gasteiger partial charge in [-0.1, -0.05) is 72.8 Å². The van der Waals surface area contributed by atoms with Crippen molar-refractivity contribution in [1.29, 1.82) is 0 Å². The summed E-state index contributed by atoms with van der Waals surface area (Å²) in [6.07, 6.45) is 1.44. The molecule has 1 aliphatic heterocycles. The monoisotopic (exact) mass is 403 g/mol. The molecule has 0 bridgehead atoms. The molecule has 29 heavy (non-hydrogen) atoms. The minimum absolute atomic E-state index is 0. The number of nitrogens with zero attached hydrogens (tertiary/aromatic N) is 1. The fourth-order valence-corrected chi connectivity index (χ4v) is 4.44. The Bertz CT molecular complexity index is 1140. The number of aliphatic hydroxyl groups is 1. The van der Waals surface area contributed by atoms with Crippen LogP contribution >= 0.6 is 12.4 Å². The van der Waals surface area contributed by atoms with E-state index in [0.717, 1.165) is 38.0 Å². The van der Waals surface area contributed by atoms with E-state index in [-0.39, 0.29) is 12.4 Å². The molecule has 0 saturated carbocycles. The van der Waals surface area contributed by atoms with E-state index in [9.17, 15) is 5.11 Å². The highest BCUT2D eigenvalue weighted by Crippen LogP contribution is 2.29. The maximum absolute atomic E-state index is 10.9. The summed E-state index contributed by atoms with van der Waals surface area (Å²) in [4.78, 5) is 2.46. The number of benzene rings is 4. The smallest absolute Gasteiger partial charge is 0.0802 e. The van der Waals surface area contributed by atoms with Gasteiger partial charge in [0.25, 0.3) is 0 Å². The molecule has 148 valence electrons. The Morgan fingerprint density at radius 2 is 1.48 bits per heavy atom. The van der Waals surface area contributed by atoms with Crippen molar-refractivity contribution in [3.63, 3.8) is 0 Å². The Hall–Kier alpha value is -2.39. The van der Waals surface area contributed by atoms with Gasteiger partial charge in [-0.25, -0.2) is 0 Å². The number of halogens is 1. The van der Waals surface area contributed by atoms with Gasteiger partial charge < -0.3 is 5.11 Å². The van der Waals surface area contributed by atoms with Crippen molar-refractivity contribution in [2.24, 2.45) is 0 Å². The first-order valence-corrected chi connectivity index (χ1v) is 10.2. The molecule has 1 atom stereocenters. The van der Waals surface area contributed by atoms with Crippen LogP contribution in [0.3, 0.4) is 0 Å². The van der Waals surface area contributed by atoms with E-state index in [0.29, 0.717) is 0 Å². The largest absolute Gasteiger partial charge is 0.388 e. The summed E-state index contributed by atoms with van der Waals surface area (Å²) in [7, 11) is 0. The maximum Gasteiger partial charge on any atom is 0.0802 e. The molecule has 1 heterocycles. The van der Waals surface area contributed by atoms with Gasteiger partial charge in [0.2, 0.25) is 0 Å². The van der Waals surface area contributed by atoms with Crippen molar-refractivity contribution in [3.05, 3.63) is 95.6 Å². The molecule has 1 aliphatic rings. The quantitative estimate of drug-likeness (QED) is 0.429. The molecule has 0 fully saturated rings. The van der Waals surface area contributed by atoms with Crippen LogP contribution < -0.4 is 0 Å². The summed E-state index contributed by atoms with van der Waals surface area (Å²) < 4.78 is 0. The van der Waals surface area contributed by atoms with Gasteiger partial charge in [0.1, 0.15) is 0 Å². The number of hydrogen-bond donors (Lipinski definition) is 1. The van der Waals surface area contributed by atoms with Crippen LogP contribution in [0, 0.1) is 0 Å². The first-order valence-electron chi connectivity index (χ1n) is 10.2. The SMILES string of the molecule is Cl.OC(CCN1CCc2ccccc2C1)c1ccc2ccc3ccccc3c2c1. The van der Waals surface area contributed by atoms with Crippen LogP contribution in [0.5, 0.6) is 0 Å². The van der Waals surface area contributed by atoms with Crippen molar-refractivity contribution in [2.75, 3.05) is 13.1 Å². The Morgan fingerprint density at radius 3 is 2.34 bits per heavy atom. The van der Waals surface area contributed by atoms with Gasteiger partial charge in [-0.15, -0.1) is 12.4 Å². The molecule has 0 amide bonds. The van der Waals surface area contributed by atoms with E-state index in [1.165, 1.54) is 32.7 Å². The third-order valence-electron chi connectivity index (χ3n) is 6.08. The topological polar surface area (TPSA) is 23.5 Å². The third kappa shape index (κ3) is 4.02. The van der Waals surface area contributed by atoms with Gasteiger partial charge >= 0.3 is 0 Å².